The number of nitrogens with one attached hydrogen (secondary N) is 1. The van der Waals surface area contributed by atoms with E-state index in [1.54, 1.807) is 0 Å². The summed E-state index contributed by atoms with van der Waals surface area (Å²) < 4.78 is 0. The van der Waals surface area contributed by atoms with Crippen molar-refractivity contribution in [3.8, 4) is 0 Å². The molecule has 1 N–H and O–H groups in total. The lowest BCUT2D eigenvalue weighted by Gasteiger charge is -2.38. The number of carbonyl (C=O) groups excluding carboxylic acids is 1. The highest BCUT2D eigenvalue weighted by atomic mass is 16.1. The van der Waals surface area contributed by atoms with E-state index in [1.165, 1.54) is 65.2 Å². The minimum absolute atomic E-state index is 0.0984. The van der Waals surface area contributed by atoms with Crippen molar-refractivity contribution in [2.45, 2.75) is 46.6 Å². The lowest BCUT2D eigenvalue weighted by Crippen LogP contribution is -2.50. The van der Waals surface area contributed by atoms with Crippen LogP contribution in [0.2, 0.25) is 0 Å². The maximum absolute atomic E-state index is 11.7. The molecule has 0 aliphatic carbocycles. The maximum atomic E-state index is 11.7. The molecule has 0 aromatic rings. The molecular formula is C19H38N4O. The second-order valence-electron chi connectivity index (χ2n) is 8.16. The molecule has 2 fully saturated rings. The van der Waals surface area contributed by atoms with Crippen LogP contribution in [0.5, 0.6) is 0 Å². The average molecular weight is 339 g/mol. The Morgan fingerprint density at radius 2 is 1.46 bits per heavy atom. The van der Waals surface area contributed by atoms with Gasteiger partial charge in [0.25, 0.3) is 0 Å². The van der Waals surface area contributed by atoms with E-state index in [0.717, 1.165) is 6.54 Å². The number of likely N-dealkylation sites (tertiary alicyclic amines) is 1. The van der Waals surface area contributed by atoms with E-state index >= 15 is 0 Å². The molecule has 0 aromatic heterocycles. The van der Waals surface area contributed by atoms with Gasteiger partial charge in [0.2, 0.25) is 5.91 Å². The van der Waals surface area contributed by atoms with Gasteiger partial charge in [-0.3, -0.25) is 14.6 Å². The van der Waals surface area contributed by atoms with Gasteiger partial charge in [0.1, 0.15) is 0 Å². The number of hydrogen-bond acceptors (Lipinski definition) is 4. The van der Waals surface area contributed by atoms with Gasteiger partial charge in [-0.05, 0) is 45.7 Å². The third kappa shape index (κ3) is 6.34. The Morgan fingerprint density at radius 1 is 0.917 bits per heavy atom. The van der Waals surface area contributed by atoms with Crippen LogP contribution in [0.3, 0.4) is 0 Å². The highest BCUT2D eigenvalue weighted by Gasteiger charge is 2.22. The van der Waals surface area contributed by atoms with Crippen molar-refractivity contribution in [3.05, 3.63) is 0 Å². The number of nitrogens with zero attached hydrogens (tertiary/aromatic N) is 3. The van der Waals surface area contributed by atoms with Crippen molar-refractivity contribution < 1.29 is 4.79 Å². The molecule has 2 saturated heterocycles. The lowest BCUT2D eigenvalue weighted by molar-refractivity contribution is -0.124. The molecule has 0 bridgehead atoms. The number of hydrogen-bond donors (Lipinski definition) is 1. The third-order valence-corrected chi connectivity index (χ3v) is 5.67. The zero-order valence-electron chi connectivity index (χ0n) is 16.3. The summed E-state index contributed by atoms with van der Waals surface area (Å²) >= 11 is 0. The van der Waals surface area contributed by atoms with Gasteiger partial charge in [0.15, 0.2) is 0 Å². The van der Waals surface area contributed by atoms with Gasteiger partial charge in [-0.2, -0.15) is 0 Å². The van der Waals surface area contributed by atoms with Crippen molar-refractivity contribution in [3.63, 3.8) is 0 Å². The predicted molar refractivity (Wildman–Crippen MR) is 100 cm³/mol. The third-order valence-electron chi connectivity index (χ3n) is 5.67. The second-order valence-corrected chi connectivity index (χ2v) is 8.16. The van der Waals surface area contributed by atoms with Gasteiger partial charge in [-0.15, -0.1) is 0 Å². The van der Waals surface area contributed by atoms with Gasteiger partial charge in [-0.1, -0.05) is 13.8 Å². The van der Waals surface area contributed by atoms with E-state index in [4.69, 9.17) is 0 Å². The van der Waals surface area contributed by atoms with Gasteiger partial charge >= 0.3 is 0 Å². The number of piperidine rings is 1. The van der Waals surface area contributed by atoms with Crippen molar-refractivity contribution >= 4 is 5.91 Å². The summed E-state index contributed by atoms with van der Waals surface area (Å²) in [4.78, 5) is 19.5. The van der Waals surface area contributed by atoms with Crippen LogP contribution in [0.1, 0.15) is 40.5 Å². The standard InChI is InChI=1S/C19H38N4O/c1-16(2)19(24)20-15-18-5-7-21(8-6-18)9-10-22-11-13-23(14-12-22)17(3)4/h16-18H,5-15H2,1-4H3,(H,20,24). The number of rotatable bonds is 7. The molecule has 0 atom stereocenters. The number of carbonyl (C=O) groups is 1. The summed E-state index contributed by atoms with van der Waals surface area (Å²) in [5.74, 6) is 0.956. The van der Waals surface area contributed by atoms with Crippen molar-refractivity contribution in [1.29, 1.82) is 0 Å². The number of piperazine rings is 1. The van der Waals surface area contributed by atoms with Gasteiger partial charge in [0, 0.05) is 57.8 Å². The smallest absolute Gasteiger partial charge is 0.222 e. The summed E-state index contributed by atoms with van der Waals surface area (Å²) in [6.45, 7) is 19.0. The highest BCUT2D eigenvalue weighted by Crippen LogP contribution is 2.16. The number of amides is 1. The molecule has 0 saturated carbocycles. The molecule has 0 unspecified atom stereocenters. The van der Waals surface area contributed by atoms with E-state index < -0.39 is 0 Å². The zero-order valence-corrected chi connectivity index (χ0v) is 16.3. The van der Waals surface area contributed by atoms with E-state index in [9.17, 15) is 4.79 Å². The van der Waals surface area contributed by atoms with Gasteiger partial charge in [0.05, 0.1) is 0 Å². The summed E-state index contributed by atoms with van der Waals surface area (Å²) in [5.41, 5.74) is 0. The van der Waals surface area contributed by atoms with Crippen molar-refractivity contribution in [2.75, 3.05) is 58.9 Å². The van der Waals surface area contributed by atoms with Gasteiger partial charge < -0.3 is 10.2 Å². The van der Waals surface area contributed by atoms with Crippen LogP contribution in [-0.2, 0) is 4.79 Å². The minimum Gasteiger partial charge on any atom is -0.356 e. The molecule has 1 amide bonds. The fourth-order valence-electron chi connectivity index (χ4n) is 3.65. The first-order chi connectivity index (χ1) is 11.5. The largest absolute Gasteiger partial charge is 0.356 e. The monoisotopic (exact) mass is 338 g/mol. The summed E-state index contributed by atoms with van der Waals surface area (Å²) in [6, 6.07) is 0.683. The molecule has 2 heterocycles. The van der Waals surface area contributed by atoms with Crippen molar-refractivity contribution in [2.24, 2.45) is 11.8 Å². The zero-order chi connectivity index (χ0) is 17.5. The van der Waals surface area contributed by atoms with Crippen LogP contribution in [0.15, 0.2) is 0 Å². The molecule has 2 rings (SSSR count). The SMILES string of the molecule is CC(C)C(=O)NCC1CCN(CCN2CCN(C(C)C)CC2)CC1. The van der Waals surface area contributed by atoms with E-state index in [1.807, 2.05) is 13.8 Å². The Kier molecular flexibility index (Phi) is 7.98. The molecule has 140 valence electrons. The van der Waals surface area contributed by atoms with Crippen LogP contribution in [0.4, 0.5) is 0 Å². The highest BCUT2D eigenvalue weighted by molar-refractivity contribution is 5.77. The summed E-state index contributed by atoms with van der Waals surface area (Å²) in [7, 11) is 0. The van der Waals surface area contributed by atoms with Crippen LogP contribution in [0, 0.1) is 11.8 Å². The Labute approximate surface area is 148 Å². The Balaban J connectivity index is 1.56. The molecule has 5 nitrogen and oxygen atoms in total. The Bertz CT molecular complexity index is 370. The fourth-order valence-corrected chi connectivity index (χ4v) is 3.65. The van der Waals surface area contributed by atoms with Crippen molar-refractivity contribution in [1.82, 2.24) is 20.0 Å². The molecule has 5 heteroatoms. The molecular weight excluding hydrogens is 300 g/mol. The van der Waals surface area contributed by atoms with Crippen LogP contribution < -0.4 is 5.32 Å². The first-order valence-corrected chi connectivity index (χ1v) is 9.92. The Hall–Kier alpha value is -0.650. The molecule has 2 aliphatic heterocycles. The molecule has 0 radical (unpaired) electrons. The topological polar surface area (TPSA) is 38.8 Å². The molecule has 0 spiro atoms. The normalized spacial score (nSPS) is 22.4. The van der Waals surface area contributed by atoms with Crippen LogP contribution in [0.25, 0.3) is 0 Å². The fraction of sp³-hybridized carbons (Fsp3) is 0.947. The van der Waals surface area contributed by atoms with E-state index in [0.29, 0.717) is 12.0 Å². The van der Waals surface area contributed by atoms with Crippen LogP contribution in [-0.4, -0.2) is 85.6 Å². The minimum atomic E-state index is 0.0984. The van der Waals surface area contributed by atoms with Crippen LogP contribution >= 0.6 is 0 Å². The molecule has 24 heavy (non-hydrogen) atoms. The average Bonchev–Trinajstić information content (AvgIpc) is 2.59. The summed E-state index contributed by atoms with van der Waals surface area (Å²) in [6.07, 6.45) is 2.44. The molecule has 0 aromatic carbocycles. The Morgan fingerprint density at radius 3 is 1.96 bits per heavy atom. The maximum Gasteiger partial charge on any atom is 0.222 e. The lowest BCUT2D eigenvalue weighted by atomic mass is 9.96. The predicted octanol–water partition coefficient (Wildman–Crippen LogP) is 1.50. The first kappa shape index (κ1) is 19.7. The van der Waals surface area contributed by atoms with Gasteiger partial charge in [-0.25, -0.2) is 0 Å². The quantitative estimate of drug-likeness (QED) is 0.763. The van der Waals surface area contributed by atoms with E-state index in [2.05, 4.69) is 33.9 Å². The first-order valence-electron chi connectivity index (χ1n) is 9.92. The van der Waals surface area contributed by atoms with E-state index in [-0.39, 0.29) is 11.8 Å². The second kappa shape index (κ2) is 9.73. The molecule has 2 aliphatic rings. The summed E-state index contributed by atoms with van der Waals surface area (Å²) in [5, 5.41) is 3.09.